The maximum Gasteiger partial charge on any atom is 0.410 e. The van der Waals surface area contributed by atoms with Gasteiger partial charge in [0.2, 0.25) is 0 Å². The van der Waals surface area contributed by atoms with E-state index < -0.39 is 11.7 Å². The zero-order chi connectivity index (χ0) is 23.8. The van der Waals surface area contributed by atoms with Crippen LogP contribution >= 0.6 is 23.5 Å². The number of nitrogens with zero attached hydrogens (tertiary/aromatic N) is 1. The molecule has 0 aromatic heterocycles. The average molecular weight is 489 g/mol. The Morgan fingerprint density at radius 3 is 2.45 bits per heavy atom. The summed E-state index contributed by atoms with van der Waals surface area (Å²) < 4.78 is 11.5. The summed E-state index contributed by atoms with van der Waals surface area (Å²) >= 11 is 3.96. The molecule has 2 aromatic carbocycles. The molecule has 0 radical (unpaired) electrons. The number of hydrogen-bond donors (Lipinski definition) is 1. The Hall–Kier alpha value is -2.32. The minimum atomic E-state index is -0.546. The Kier molecular flexibility index (Phi) is 8.97. The summed E-state index contributed by atoms with van der Waals surface area (Å²) in [5.41, 5.74) is 2.28. The maximum atomic E-state index is 12.4. The molecular weight excluding hydrogens is 456 g/mol. The lowest BCUT2D eigenvalue weighted by atomic mass is 10.2. The van der Waals surface area contributed by atoms with Gasteiger partial charge in [0.05, 0.1) is 4.58 Å². The predicted octanol–water partition coefficient (Wildman–Crippen LogP) is 5.94. The van der Waals surface area contributed by atoms with Gasteiger partial charge in [0.15, 0.2) is 6.61 Å². The molecule has 178 valence electrons. The summed E-state index contributed by atoms with van der Waals surface area (Å²) in [6, 6.07) is 15.4. The number of hydrogen-bond acceptors (Lipinski definition) is 6. The van der Waals surface area contributed by atoms with E-state index in [0.29, 0.717) is 22.6 Å². The number of carbonyl (C=O) groups is 2. The fourth-order valence-electron chi connectivity index (χ4n) is 3.17. The second-order valence-corrected chi connectivity index (χ2v) is 11.6. The van der Waals surface area contributed by atoms with Crippen LogP contribution in [-0.2, 0) is 16.1 Å². The minimum Gasteiger partial charge on any atom is -0.484 e. The summed E-state index contributed by atoms with van der Waals surface area (Å²) in [4.78, 5) is 26.0. The first kappa shape index (κ1) is 25.3. The topological polar surface area (TPSA) is 67.9 Å². The van der Waals surface area contributed by atoms with Gasteiger partial charge >= 0.3 is 6.09 Å². The van der Waals surface area contributed by atoms with Gasteiger partial charge in [0.25, 0.3) is 5.91 Å². The monoisotopic (exact) mass is 488 g/mol. The van der Waals surface area contributed by atoms with E-state index in [1.807, 2.05) is 80.7 Å². The zero-order valence-electron chi connectivity index (χ0n) is 19.6. The number of thioether (sulfide) groups is 2. The van der Waals surface area contributed by atoms with Crippen molar-refractivity contribution in [1.82, 2.24) is 4.90 Å². The molecule has 1 aliphatic rings. The smallest absolute Gasteiger partial charge is 0.410 e. The van der Waals surface area contributed by atoms with Crippen LogP contribution in [0.5, 0.6) is 5.75 Å². The lowest BCUT2D eigenvalue weighted by Gasteiger charge is -2.24. The molecule has 1 heterocycles. The van der Waals surface area contributed by atoms with E-state index in [4.69, 9.17) is 9.47 Å². The first-order valence-electron chi connectivity index (χ1n) is 11.0. The van der Waals surface area contributed by atoms with Crippen LogP contribution in [0.15, 0.2) is 48.5 Å². The number of ether oxygens (including phenoxy) is 2. The normalized spacial score (nSPS) is 14.4. The summed E-state index contributed by atoms with van der Waals surface area (Å²) in [6.07, 6.45) is 0.878. The van der Waals surface area contributed by atoms with Crippen molar-refractivity contribution in [2.45, 2.75) is 43.9 Å². The highest BCUT2D eigenvalue weighted by Gasteiger charge is 2.20. The highest BCUT2D eigenvalue weighted by Crippen LogP contribution is 2.43. The molecule has 2 amide bonds. The fourth-order valence-corrected chi connectivity index (χ4v) is 6.07. The molecule has 0 unspecified atom stereocenters. The molecule has 0 spiro atoms. The van der Waals surface area contributed by atoms with Crippen LogP contribution in [0.1, 0.15) is 42.9 Å². The van der Waals surface area contributed by atoms with E-state index in [1.165, 1.54) is 28.4 Å². The van der Waals surface area contributed by atoms with Gasteiger partial charge in [-0.3, -0.25) is 4.79 Å². The number of benzene rings is 2. The molecule has 3 rings (SSSR count). The van der Waals surface area contributed by atoms with Crippen molar-refractivity contribution in [3.63, 3.8) is 0 Å². The number of amides is 2. The van der Waals surface area contributed by atoms with Crippen molar-refractivity contribution in [1.29, 1.82) is 0 Å². The third-order valence-corrected chi connectivity index (χ3v) is 7.70. The molecule has 1 fully saturated rings. The Labute approximate surface area is 204 Å². The minimum absolute atomic E-state index is 0.0751. The Bertz CT molecular complexity index is 938. The third kappa shape index (κ3) is 8.51. The molecule has 8 heteroatoms. The van der Waals surface area contributed by atoms with E-state index in [0.717, 1.165) is 5.56 Å². The molecule has 2 aromatic rings. The van der Waals surface area contributed by atoms with E-state index in [2.05, 4.69) is 17.4 Å². The predicted molar refractivity (Wildman–Crippen MR) is 137 cm³/mol. The largest absolute Gasteiger partial charge is 0.484 e. The van der Waals surface area contributed by atoms with Crippen LogP contribution in [-0.4, -0.2) is 47.7 Å². The average Bonchev–Trinajstić information content (AvgIpc) is 2.78. The van der Waals surface area contributed by atoms with Gasteiger partial charge in [0.1, 0.15) is 11.4 Å². The van der Waals surface area contributed by atoms with Gasteiger partial charge in [0, 0.05) is 19.3 Å². The van der Waals surface area contributed by atoms with E-state index in [1.54, 1.807) is 7.05 Å². The molecule has 1 N–H and O–H groups in total. The number of carbonyl (C=O) groups excluding carboxylic acids is 2. The third-order valence-electron chi connectivity index (χ3n) is 4.68. The van der Waals surface area contributed by atoms with Gasteiger partial charge in [-0.2, -0.15) is 0 Å². The standard InChI is InChI=1S/C25H32N2O4S2/c1-25(2,3)31-24(29)27(4)16-18-7-5-8-20(15-18)26-22(28)17-30-21-11-9-19(10-12-21)23-32-13-6-14-33-23/h5,7-12,15,23H,6,13-14,16-17H2,1-4H3,(H,26,28). The Morgan fingerprint density at radius 1 is 1.09 bits per heavy atom. The number of rotatable bonds is 7. The van der Waals surface area contributed by atoms with Crippen LogP contribution < -0.4 is 10.1 Å². The van der Waals surface area contributed by atoms with Crippen LogP contribution in [0.2, 0.25) is 0 Å². The SMILES string of the molecule is CN(Cc1cccc(NC(=O)COc2ccc(C3SCCCS3)cc2)c1)C(=O)OC(C)(C)C. The highest BCUT2D eigenvalue weighted by molar-refractivity contribution is 8.16. The van der Waals surface area contributed by atoms with Gasteiger partial charge in [-0.05, 0) is 74.1 Å². The lowest BCUT2D eigenvalue weighted by molar-refractivity contribution is -0.118. The summed E-state index contributed by atoms with van der Waals surface area (Å²) in [6.45, 7) is 5.80. The molecule has 0 atom stereocenters. The van der Waals surface area contributed by atoms with Gasteiger partial charge in [-0.15, -0.1) is 23.5 Å². The van der Waals surface area contributed by atoms with Crippen molar-refractivity contribution in [3.05, 3.63) is 59.7 Å². The van der Waals surface area contributed by atoms with Crippen molar-refractivity contribution in [2.24, 2.45) is 0 Å². The van der Waals surface area contributed by atoms with Gasteiger partial charge < -0.3 is 19.7 Å². The van der Waals surface area contributed by atoms with Crippen LogP contribution in [0.3, 0.4) is 0 Å². The summed E-state index contributed by atoms with van der Waals surface area (Å²) in [5, 5.41) is 2.85. The van der Waals surface area contributed by atoms with E-state index >= 15 is 0 Å². The van der Waals surface area contributed by atoms with Gasteiger partial charge in [-0.25, -0.2) is 4.79 Å². The Balaban J connectivity index is 1.48. The Morgan fingerprint density at radius 2 is 1.79 bits per heavy atom. The molecule has 0 bridgehead atoms. The van der Waals surface area contributed by atoms with E-state index in [9.17, 15) is 9.59 Å². The molecule has 1 saturated heterocycles. The zero-order valence-corrected chi connectivity index (χ0v) is 21.3. The van der Waals surface area contributed by atoms with E-state index in [-0.39, 0.29) is 12.5 Å². The highest BCUT2D eigenvalue weighted by atomic mass is 32.2. The molecular formula is C25H32N2O4S2. The molecule has 33 heavy (non-hydrogen) atoms. The summed E-state index contributed by atoms with van der Waals surface area (Å²) in [7, 11) is 1.68. The van der Waals surface area contributed by atoms with Crippen molar-refractivity contribution >= 4 is 41.2 Å². The molecule has 0 aliphatic carbocycles. The van der Waals surface area contributed by atoms with Gasteiger partial charge in [-0.1, -0.05) is 24.3 Å². The second-order valence-electron chi connectivity index (χ2n) is 8.87. The van der Waals surface area contributed by atoms with Crippen LogP contribution in [0.25, 0.3) is 0 Å². The van der Waals surface area contributed by atoms with Crippen molar-refractivity contribution < 1.29 is 19.1 Å². The fraction of sp³-hybridized carbons (Fsp3) is 0.440. The maximum absolute atomic E-state index is 12.4. The number of anilines is 1. The lowest BCUT2D eigenvalue weighted by Crippen LogP contribution is -2.33. The molecule has 0 saturated carbocycles. The quantitative estimate of drug-likeness (QED) is 0.520. The molecule has 6 nitrogen and oxygen atoms in total. The summed E-state index contributed by atoms with van der Waals surface area (Å²) in [5.74, 6) is 2.84. The van der Waals surface area contributed by atoms with Crippen LogP contribution in [0.4, 0.5) is 10.5 Å². The molecule has 1 aliphatic heterocycles. The first-order chi connectivity index (χ1) is 15.7. The second kappa shape index (κ2) is 11.7. The number of nitrogens with one attached hydrogen (secondary N) is 1. The van der Waals surface area contributed by atoms with Crippen LogP contribution in [0, 0.1) is 0 Å². The van der Waals surface area contributed by atoms with Crippen molar-refractivity contribution in [3.8, 4) is 5.75 Å². The first-order valence-corrected chi connectivity index (χ1v) is 13.1. The van der Waals surface area contributed by atoms with Crippen molar-refractivity contribution in [2.75, 3.05) is 30.5 Å².